The van der Waals surface area contributed by atoms with E-state index in [2.05, 4.69) is 9.88 Å². The van der Waals surface area contributed by atoms with Gasteiger partial charge in [-0.25, -0.2) is 9.78 Å². The number of aromatic carboxylic acids is 1. The van der Waals surface area contributed by atoms with Gasteiger partial charge >= 0.3 is 5.97 Å². The van der Waals surface area contributed by atoms with Crippen molar-refractivity contribution >= 4 is 5.97 Å². The predicted molar refractivity (Wildman–Crippen MR) is 62.7 cm³/mol. The highest BCUT2D eigenvalue weighted by Crippen LogP contribution is 2.37. The quantitative estimate of drug-likeness (QED) is 0.862. The van der Waals surface area contributed by atoms with Crippen molar-refractivity contribution in [3.05, 3.63) is 29.6 Å². The number of carbonyl (C=O) groups is 1. The van der Waals surface area contributed by atoms with Crippen LogP contribution < -0.4 is 0 Å². The average Bonchev–Trinajstić information content (AvgIpc) is 2.91. The molecule has 2 heterocycles. The molecule has 1 aromatic rings. The Bertz CT molecular complexity index is 447. The van der Waals surface area contributed by atoms with E-state index in [1.54, 1.807) is 12.1 Å². The summed E-state index contributed by atoms with van der Waals surface area (Å²) in [6.07, 6.45) is 3.98. The van der Waals surface area contributed by atoms with Crippen LogP contribution in [0.25, 0.3) is 0 Å². The number of nitrogens with zero attached hydrogens (tertiary/aromatic N) is 2. The topological polar surface area (TPSA) is 53.4 Å². The highest BCUT2D eigenvalue weighted by Gasteiger charge is 2.37. The van der Waals surface area contributed by atoms with E-state index in [0.29, 0.717) is 6.04 Å². The Hall–Kier alpha value is -1.42. The van der Waals surface area contributed by atoms with Crippen LogP contribution in [0.15, 0.2) is 18.2 Å². The normalized spacial score (nSPS) is 27.5. The molecule has 1 saturated heterocycles. The summed E-state index contributed by atoms with van der Waals surface area (Å²) in [5, 5.41) is 8.90. The Morgan fingerprint density at radius 1 is 1.47 bits per heavy atom. The molecule has 0 radical (unpaired) electrons. The molecule has 2 bridgehead atoms. The Morgan fingerprint density at radius 2 is 2.35 bits per heavy atom. The largest absolute Gasteiger partial charge is 0.477 e. The maximum Gasteiger partial charge on any atom is 0.354 e. The minimum absolute atomic E-state index is 0.145. The zero-order valence-corrected chi connectivity index (χ0v) is 9.67. The van der Waals surface area contributed by atoms with E-state index in [-0.39, 0.29) is 5.69 Å². The molecule has 1 aliphatic heterocycles. The fraction of sp³-hybridized carbons (Fsp3) is 0.538. The number of fused-ring (bicyclic) bond motifs is 2. The van der Waals surface area contributed by atoms with Gasteiger partial charge in [-0.1, -0.05) is 6.07 Å². The monoisotopic (exact) mass is 232 g/mol. The number of carboxylic acid groups (broad SMARTS) is 1. The van der Waals surface area contributed by atoms with E-state index in [0.717, 1.165) is 24.7 Å². The summed E-state index contributed by atoms with van der Waals surface area (Å²) >= 11 is 0. The van der Waals surface area contributed by atoms with Crippen LogP contribution in [0.1, 0.15) is 35.4 Å². The van der Waals surface area contributed by atoms with E-state index < -0.39 is 5.97 Å². The molecular formula is C13H16N2O2. The number of piperidine rings is 1. The number of likely N-dealkylation sites (tertiary alicyclic amines) is 1. The number of hydrogen-bond acceptors (Lipinski definition) is 3. The van der Waals surface area contributed by atoms with Crippen LogP contribution in [-0.4, -0.2) is 33.5 Å². The van der Waals surface area contributed by atoms with E-state index in [1.165, 1.54) is 19.3 Å². The maximum absolute atomic E-state index is 10.8. The fourth-order valence-corrected chi connectivity index (χ4v) is 3.12. The molecule has 0 aromatic carbocycles. The molecule has 17 heavy (non-hydrogen) atoms. The average molecular weight is 232 g/mol. The van der Waals surface area contributed by atoms with Gasteiger partial charge in [-0.2, -0.15) is 0 Å². The maximum atomic E-state index is 10.8. The molecule has 2 unspecified atom stereocenters. The first-order valence-electron chi connectivity index (χ1n) is 6.15. The lowest BCUT2D eigenvalue weighted by atomic mass is 10.1. The molecule has 1 saturated carbocycles. The second-order valence-electron chi connectivity index (χ2n) is 5.08. The van der Waals surface area contributed by atoms with Crippen molar-refractivity contribution in [2.75, 3.05) is 6.54 Å². The number of hydrogen-bond donors (Lipinski definition) is 1. The van der Waals surface area contributed by atoms with Crippen molar-refractivity contribution in [3.63, 3.8) is 0 Å². The standard InChI is InChI=1S/C13H16N2O2/c16-13(17)12-3-1-2-10(14-12)8-15-7-9-4-5-11(15)6-9/h1-3,9,11H,4-8H2,(H,16,17). The highest BCUT2D eigenvalue weighted by molar-refractivity contribution is 5.85. The number of pyridine rings is 1. The van der Waals surface area contributed by atoms with Gasteiger partial charge in [0, 0.05) is 19.1 Å². The van der Waals surface area contributed by atoms with Gasteiger partial charge in [-0.05, 0) is 37.3 Å². The molecule has 1 aromatic heterocycles. The Balaban J connectivity index is 1.73. The van der Waals surface area contributed by atoms with Crippen molar-refractivity contribution in [2.24, 2.45) is 5.92 Å². The van der Waals surface area contributed by atoms with E-state index in [9.17, 15) is 4.79 Å². The zero-order valence-electron chi connectivity index (χ0n) is 9.67. The number of rotatable bonds is 3. The van der Waals surface area contributed by atoms with Gasteiger partial charge in [0.1, 0.15) is 5.69 Å². The third-order valence-corrected chi connectivity index (χ3v) is 3.91. The van der Waals surface area contributed by atoms with Gasteiger partial charge in [0.2, 0.25) is 0 Å². The molecule has 1 N–H and O–H groups in total. The molecule has 2 aliphatic rings. The number of aromatic nitrogens is 1. The summed E-state index contributed by atoms with van der Waals surface area (Å²) in [5.74, 6) is -0.0857. The van der Waals surface area contributed by atoms with Gasteiger partial charge < -0.3 is 5.11 Å². The van der Waals surface area contributed by atoms with Crippen molar-refractivity contribution in [1.82, 2.24) is 9.88 Å². The van der Waals surface area contributed by atoms with Crippen molar-refractivity contribution in [1.29, 1.82) is 0 Å². The van der Waals surface area contributed by atoms with Crippen molar-refractivity contribution < 1.29 is 9.90 Å². The molecule has 3 rings (SSSR count). The molecule has 4 nitrogen and oxygen atoms in total. The highest BCUT2D eigenvalue weighted by atomic mass is 16.4. The first-order valence-corrected chi connectivity index (χ1v) is 6.15. The first kappa shape index (κ1) is 10.7. The molecule has 0 amide bonds. The third kappa shape index (κ3) is 2.05. The van der Waals surface area contributed by atoms with Gasteiger partial charge in [-0.15, -0.1) is 0 Å². The van der Waals surface area contributed by atoms with Gasteiger partial charge in [0.25, 0.3) is 0 Å². The summed E-state index contributed by atoms with van der Waals surface area (Å²) in [5.41, 5.74) is 1.02. The summed E-state index contributed by atoms with van der Waals surface area (Å²) in [6.45, 7) is 1.95. The first-order chi connectivity index (χ1) is 8.22. The molecule has 4 heteroatoms. The minimum atomic E-state index is -0.949. The van der Waals surface area contributed by atoms with Crippen LogP contribution in [0.2, 0.25) is 0 Å². The summed E-state index contributed by atoms with van der Waals surface area (Å²) in [7, 11) is 0. The molecule has 2 fully saturated rings. The van der Waals surface area contributed by atoms with E-state index in [4.69, 9.17) is 5.11 Å². The molecule has 0 spiro atoms. The zero-order chi connectivity index (χ0) is 11.8. The summed E-state index contributed by atoms with van der Waals surface area (Å²) in [6, 6.07) is 5.94. The molecule has 90 valence electrons. The number of carboxylic acids is 1. The van der Waals surface area contributed by atoms with Crippen LogP contribution in [0, 0.1) is 5.92 Å². The second kappa shape index (κ2) is 4.11. The van der Waals surface area contributed by atoms with Crippen molar-refractivity contribution in [3.8, 4) is 0 Å². The van der Waals surface area contributed by atoms with Crippen LogP contribution >= 0.6 is 0 Å². The van der Waals surface area contributed by atoms with Gasteiger partial charge in [0.15, 0.2) is 0 Å². The van der Waals surface area contributed by atoms with Crippen molar-refractivity contribution in [2.45, 2.75) is 31.8 Å². The van der Waals surface area contributed by atoms with E-state index in [1.807, 2.05) is 6.07 Å². The third-order valence-electron chi connectivity index (χ3n) is 3.91. The summed E-state index contributed by atoms with van der Waals surface area (Å²) in [4.78, 5) is 17.5. The Kier molecular flexibility index (Phi) is 2.59. The fourth-order valence-electron chi connectivity index (χ4n) is 3.12. The smallest absolute Gasteiger partial charge is 0.354 e. The second-order valence-corrected chi connectivity index (χ2v) is 5.08. The predicted octanol–water partition coefficient (Wildman–Crippen LogP) is 1.76. The van der Waals surface area contributed by atoms with E-state index >= 15 is 0 Å². The minimum Gasteiger partial charge on any atom is -0.477 e. The van der Waals surface area contributed by atoms with Gasteiger partial charge in [0.05, 0.1) is 5.69 Å². The summed E-state index contributed by atoms with van der Waals surface area (Å²) < 4.78 is 0. The molecule has 2 atom stereocenters. The Labute approximate surface area is 100 Å². The molecular weight excluding hydrogens is 216 g/mol. The Morgan fingerprint density at radius 3 is 3.00 bits per heavy atom. The lowest BCUT2D eigenvalue weighted by Gasteiger charge is -2.26. The van der Waals surface area contributed by atoms with Crippen LogP contribution in [-0.2, 0) is 6.54 Å². The lowest BCUT2D eigenvalue weighted by molar-refractivity contribution is 0.0689. The molecule has 1 aliphatic carbocycles. The van der Waals surface area contributed by atoms with Crippen LogP contribution in [0.5, 0.6) is 0 Å². The van der Waals surface area contributed by atoms with Gasteiger partial charge in [-0.3, -0.25) is 4.90 Å². The van der Waals surface area contributed by atoms with Crippen LogP contribution in [0.3, 0.4) is 0 Å². The SMILES string of the molecule is O=C(O)c1cccc(CN2CC3CCC2C3)n1. The lowest BCUT2D eigenvalue weighted by Crippen LogP contribution is -2.31. The van der Waals surface area contributed by atoms with Crippen LogP contribution in [0.4, 0.5) is 0 Å².